The summed E-state index contributed by atoms with van der Waals surface area (Å²) in [6.45, 7) is 2.34. The quantitative estimate of drug-likeness (QED) is 0.578. The van der Waals surface area contributed by atoms with Gasteiger partial charge in [0.25, 0.3) is 5.91 Å². The number of nitrogens with zero attached hydrogens (tertiary/aromatic N) is 2. The van der Waals surface area contributed by atoms with Gasteiger partial charge in [-0.05, 0) is 42.3 Å². The number of carbonyl (C=O) groups is 1. The van der Waals surface area contributed by atoms with Gasteiger partial charge in [0.05, 0.1) is 11.3 Å². The van der Waals surface area contributed by atoms with Gasteiger partial charge in [0, 0.05) is 35.4 Å². The Morgan fingerprint density at radius 3 is 2.70 bits per heavy atom. The number of nitrogens with one attached hydrogen (secondary N) is 2. The van der Waals surface area contributed by atoms with Gasteiger partial charge in [-0.1, -0.05) is 18.2 Å². The number of carbonyl (C=O) groups excluding carboxylic acids is 1. The van der Waals surface area contributed by atoms with Gasteiger partial charge in [-0.3, -0.25) is 4.79 Å². The Hall–Kier alpha value is -3.54. The highest BCUT2D eigenvalue weighted by atomic mass is 19.1. The number of aryl methyl sites for hydroxylation is 1. The highest BCUT2D eigenvalue weighted by Crippen LogP contribution is 2.31. The molecule has 1 amide bonds. The largest absolute Gasteiger partial charge is 0.354 e. The highest BCUT2D eigenvalue weighted by Gasteiger charge is 2.13. The van der Waals surface area contributed by atoms with Crippen LogP contribution in [0.2, 0.25) is 0 Å². The lowest BCUT2D eigenvalue weighted by Gasteiger charge is -2.05. The zero-order chi connectivity index (χ0) is 18.8. The molecule has 0 spiro atoms. The van der Waals surface area contributed by atoms with Crippen molar-refractivity contribution in [2.45, 2.75) is 13.5 Å². The molecule has 4 rings (SSSR count). The minimum atomic E-state index is -0.260. The summed E-state index contributed by atoms with van der Waals surface area (Å²) in [5.74, 6) is -0.488. The molecule has 0 unspecified atom stereocenters. The maximum atomic E-state index is 14.2. The van der Waals surface area contributed by atoms with E-state index in [1.165, 1.54) is 24.8 Å². The Labute approximate surface area is 155 Å². The third kappa shape index (κ3) is 3.29. The zero-order valence-corrected chi connectivity index (χ0v) is 14.7. The first-order valence-electron chi connectivity index (χ1n) is 8.53. The molecule has 2 N–H and O–H groups in total. The first-order chi connectivity index (χ1) is 13.1. The third-order valence-corrected chi connectivity index (χ3v) is 4.54. The van der Waals surface area contributed by atoms with E-state index in [9.17, 15) is 9.18 Å². The van der Waals surface area contributed by atoms with Crippen molar-refractivity contribution in [1.29, 1.82) is 0 Å². The zero-order valence-electron chi connectivity index (χ0n) is 14.7. The predicted octanol–water partition coefficient (Wildman–Crippen LogP) is 4.00. The lowest BCUT2D eigenvalue weighted by molar-refractivity contribution is 0.0950. The van der Waals surface area contributed by atoms with Crippen LogP contribution in [0.25, 0.3) is 22.2 Å². The van der Waals surface area contributed by atoms with E-state index in [1.807, 2.05) is 31.2 Å². The van der Waals surface area contributed by atoms with Crippen molar-refractivity contribution >= 4 is 16.8 Å². The lowest BCUT2D eigenvalue weighted by atomic mass is 10.0. The average molecular weight is 360 g/mol. The maximum Gasteiger partial charge on any atom is 0.254 e. The van der Waals surface area contributed by atoms with Crippen LogP contribution in [-0.4, -0.2) is 20.9 Å². The van der Waals surface area contributed by atoms with Crippen LogP contribution >= 0.6 is 0 Å². The Morgan fingerprint density at radius 1 is 1.15 bits per heavy atom. The van der Waals surface area contributed by atoms with Crippen LogP contribution in [0, 0.1) is 12.7 Å². The van der Waals surface area contributed by atoms with Crippen LogP contribution in [0.4, 0.5) is 4.39 Å². The second-order valence-electron chi connectivity index (χ2n) is 6.29. The van der Waals surface area contributed by atoms with Crippen molar-refractivity contribution in [2.24, 2.45) is 0 Å². The number of hydrogen-bond acceptors (Lipinski definition) is 3. The monoisotopic (exact) mass is 360 g/mol. The van der Waals surface area contributed by atoms with E-state index in [4.69, 9.17) is 0 Å². The molecule has 6 heteroatoms. The Morgan fingerprint density at radius 2 is 1.93 bits per heavy atom. The van der Waals surface area contributed by atoms with E-state index in [-0.39, 0.29) is 11.7 Å². The van der Waals surface area contributed by atoms with E-state index < -0.39 is 0 Å². The molecule has 2 heterocycles. The second kappa shape index (κ2) is 6.99. The van der Waals surface area contributed by atoms with Crippen molar-refractivity contribution in [1.82, 2.24) is 20.3 Å². The van der Waals surface area contributed by atoms with Crippen molar-refractivity contribution < 1.29 is 9.18 Å². The van der Waals surface area contributed by atoms with Gasteiger partial charge in [-0.15, -0.1) is 0 Å². The van der Waals surface area contributed by atoms with Gasteiger partial charge >= 0.3 is 0 Å². The van der Waals surface area contributed by atoms with Crippen molar-refractivity contribution in [3.8, 4) is 11.3 Å². The Balaban J connectivity index is 1.60. The fraction of sp³-hybridized carbons (Fsp3) is 0.0952. The molecule has 0 aliphatic heterocycles. The summed E-state index contributed by atoms with van der Waals surface area (Å²) in [6, 6.07) is 12.6. The van der Waals surface area contributed by atoms with Crippen molar-refractivity contribution in [3.63, 3.8) is 0 Å². The molecule has 0 aliphatic rings. The van der Waals surface area contributed by atoms with Gasteiger partial charge in [-0.2, -0.15) is 0 Å². The Bertz CT molecular complexity index is 1120. The van der Waals surface area contributed by atoms with E-state index in [0.29, 0.717) is 17.7 Å². The number of halogens is 1. The maximum absolute atomic E-state index is 14.2. The number of aromatic nitrogens is 3. The number of rotatable bonds is 4. The van der Waals surface area contributed by atoms with Gasteiger partial charge in [0.15, 0.2) is 0 Å². The van der Waals surface area contributed by atoms with Crippen LogP contribution in [-0.2, 0) is 6.54 Å². The van der Waals surface area contributed by atoms with Gasteiger partial charge in [0.2, 0.25) is 0 Å². The summed E-state index contributed by atoms with van der Waals surface area (Å²) in [6.07, 6.45) is 4.33. The number of benzene rings is 2. The molecule has 27 heavy (non-hydrogen) atoms. The smallest absolute Gasteiger partial charge is 0.254 e. The van der Waals surface area contributed by atoms with Crippen LogP contribution in [0.15, 0.2) is 61.2 Å². The topological polar surface area (TPSA) is 70.7 Å². The van der Waals surface area contributed by atoms with Crippen LogP contribution in [0.3, 0.4) is 0 Å². The number of amides is 1. The van der Waals surface area contributed by atoms with Gasteiger partial charge in [-0.25, -0.2) is 14.4 Å². The van der Waals surface area contributed by atoms with E-state index in [2.05, 4.69) is 20.3 Å². The molecule has 0 aliphatic carbocycles. The molecule has 4 aromatic rings. The summed E-state index contributed by atoms with van der Waals surface area (Å²) in [5.41, 5.74) is 4.58. The first kappa shape index (κ1) is 16.9. The fourth-order valence-corrected chi connectivity index (χ4v) is 3.12. The normalized spacial score (nSPS) is 10.9. The molecule has 2 aromatic heterocycles. The van der Waals surface area contributed by atoms with Gasteiger partial charge in [0.1, 0.15) is 12.1 Å². The molecular weight excluding hydrogens is 343 g/mol. The Kier molecular flexibility index (Phi) is 4.38. The average Bonchev–Trinajstić information content (AvgIpc) is 3.03. The molecular formula is C21H17FN4O. The summed E-state index contributed by atoms with van der Waals surface area (Å²) in [5, 5.41) is 3.86. The molecule has 0 atom stereocenters. The minimum absolute atomic E-state index is 0.228. The first-order valence-corrected chi connectivity index (χ1v) is 8.53. The molecule has 134 valence electrons. The van der Waals surface area contributed by atoms with Crippen LogP contribution in [0.5, 0.6) is 0 Å². The molecule has 5 nitrogen and oxygen atoms in total. The van der Waals surface area contributed by atoms with E-state index in [0.717, 1.165) is 27.7 Å². The third-order valence-electron chi connectivity index (χ3n) is 4.54. The lowest BCUT2D eigenvalue weighted by Crippen LogP contribution is -2.23. The van der Waals surface area contributed by atoms with E-state index in [1.54, 1.807) is 12.1 Å². The molecule has 0 bridgehead atoms. The minimum Gasteiger partial charge on any atom is -0.354 e. The highest BCUT2D eigenvalue weighted by molar-refractivity contribution is 5.94. The standard InChI is InChI=1S/C21H17FN4O/c1-13-17-8-14(9-25-21(27)15-10-23-12-24-11-15)6-7-19(17)26-20(13)16-4-2-3-5-18(16)22/h2-8,10-12,26H,9H2,1H3,(H,25,27). The number of hydrogen-bond donors (Lipinski definition) is 2. The summed E-state index contributed by atoms with van der Waals surface area (Å²) < 4.78 is 14.2. The van der Waals surface area contributed by atoms with E-state index >= 15 is 0 Å². The van der Waals surface area contributed by atoms with Crippen LogP contribution in [0.1, 0.15) is 21.5 Å². The summed E-state index contributed by atoms with van der Waals surface area (Å²) >= 11 is 0. The molecule has 2 aromatic carbocycles. The van der Waals surface area contributed by atoms with Crippen LogP contribution < -0.4 is 5.32 Å². The molecule has 0 radical (unpaired) electrons. The summed E-state index contributed by atoms with van der Waals surface area (Å²) in [4.78, 5) is 23.1. The second-order valence-corrected chi connectivity index (χ2v) is 6.29. The summed E-state index contributed by atoms with van der Waals surface area (Å²) in [7, 11) is 0. The number of H-pyrrole nitrogens is 1. The predicted molar refractivity (Wildman–Crippen MR) is 102 cm³/mol. The SMILES string of the molecule is Cc1c(-c2ccccc2F)[nH]c2ccc(CNC(=O)c3cncnc3)cc12. The van der Waals surface area contributed by atoms with Gasteiger partial charge < -0.3 is 10.3 Å². The van der Waals surface area contributed by atoms with Crippen molar-refractivity contribution in [3.05, 3.63) is 83.7 Å². The molecule has 0 fully saturated rings. The fourth-order valence-electron chi connectivity index (χ4n) is 3.12. The van der Waals surface area contributed by atoms with Crippen molar-refractivity contribution in [2.75, 3.05) is 0 Å². The molecule has 0 saturated carbocycles. The number of aromatic amines is 1. The molecule has 0 saturated heterocycles. The number of fused-ring (bicyclic) bond motifs is 1.